The molecule has 0 radical (unpaired) electrons. The van der Waals surface area contributed by atoms with Crippen molar-refractivity contribution < 1.29 is 62.4 Å². The van der Waals surface area contributed by atoms with E-state index in [9.17, 15) is 43.5 Å². The van der Waals surface area contributed by atoms with Crippen LogP contribution < -0.4 is 10.6 Å². The van der Waals surface area contributed by atoms with Gasteiger partial charge in [-0.1, -0.05) is 91.3 Å². The van der Waals surface area contributed by atoms with Crippen LogP contribution in [0.25, 0.3) is 0 Å². The van der Waals surface area contributed by atoms with Gasteiger partial charge >= 0.3 is 6.09 Å². The summed E-state index contributed by atoms with van der Waals surface area (Å²) in [6.45, 7) is 15.5. The summed E-state index contributed by atoms with van der Waals surface area (Å²) in [6.07, 6.45) is 6.31. The lowest BCUT2D eigenvalue weighted by molar-refractivity contribution is -0.149. The van der Waals surface area contributed by atoms with Gasteiger partial charge in [-0.15, -0.1) is 0 Å². The number of hydrogen-bond acceptors (Lipinski definition) is 13. The van der Waals surface area contributed by atoms with Crippen molar-refractivity contribution in [2.75, 3.05) is 54.6 Å². The quantitative estimate of drug-likeness (QED) is 0.0707. The zero-order valence-electron chi connectivity index (χ0n) is 47.1. The Bertz CT molecular complexity index is 2150. The predicted molar refractivity (Wildman–Crippen MR) is 286 cm³/mol. The Morgan fingerprint density at radius 2 is 1.51 bits per heavy atom. The Hall–Kier alpha value is -5.50. The molecule has 2 aliphatic heterocycles. The molecular formula is C57H88N6O13. The molecule has 19 heteroatoms. The fourth-order valence-corrected chi connectivity index (χ4v) is 10.8. The SMILES string of the molecule is CC[C@H](C)C(C(CC(=O)N1CCCC1C(OC)C(C)C(=O)N[C@H](C)[C@@H](O)c1ccccc1)OC)N(C)C(=O)C(CC(=O)C(C(C)C)N(C)C(=O)OC1/C=C/CC(OCC(=O)NCCN2C(=O)C=CC2=O)CCC1)C(C)C. The molecule has 1 saturated heterocycles. The molecule has 1 aliphatic carbocycles. The van der Waals surface area contributed by atoms with Crippen LogP contribution in [0.2, 0.25) is 0 Å². The van der Waals surface area contributed by atoms with Gasteiger partial charge in [-0.05, 0) is 74.8 Å². The molecule has 1 aromatic rings. The van der Waals surface area contributed by atoms with Gasteiger partial charge in [0.15, 0.2) is 5.78 Å². The minimum absolute atomic E-state index is 0.0392. The van der Waals surface area contributed by atoms with Crippen LogP contribution in [0.1, 0.15) is 125 Å². The van der Waals surface area contributed by atoms with Gasteiger partial charge in [0.2, 0.25) is 23.6 Å². The summed E-state index contributed by atoms with van der Waals surface area (Å²) in [5.41, 5.74) is 0.684. The van der Waals surface area contributed by atoms with Crippen molar-refractivity contribution >= 4 is 47.3 Å². The third kappa shape index (κ3) is 17.3. The van der Waals surface area contributed by atoms with E-state index in [4.69, 9.17) is 18.9 Å². The molecular weight excluding hydrogens is 977 g/mol. The molecule has 76 heavy (non-hydrogen) atoms. The topological polar surface area (TPSA) is 231 Å². The van der Waals surface area contributed by atoms with Crippen LogP contribution in [-0.4, -0.2) is 175 Å². The molecule has 424 valence electrons. The summed E-state index contributed by atoms with van der Waals surface area (Å²) >= 11 is 0. The van der Waals surface area contributed by atoms with Gasteiger partial charge in [0.1, 0.15) is 12.7 Å². The van der Waals surface area contributed by atoms with Crippen LogP contribution in [0.5, 0.6) is 0 Å². The van der Waals surface area contributed by atoms with Gasteiger partial charge in [0.05, 0.1) is 60.9 Å². The number of ketones is 1. The number of hydrogen-bond donors (Lipinski definition) is 3. The van der Waals surface area contributed by atoms with Crippen LogP contribution in [0.4, 0.5) is 4.79 Å². The molecule has 2 heterocycles. The fraction of sp³-hybridized carbons (Fsp3) is 0.684. The number of Topliss-reactive ketones (excluding diaryl/α,β-unsaturated/α-hetero) is 1. The van der Waals surface area contributed by atoms with Crippen LogP contribution >= 0.6 is 0 Å². The fourth-order valence-electron chi connectivity index (χ4n) is 10.8. The highest BCUT2D eigenvalue weighted by molar-refractivity contribution is 6.12. The third-order valence-electron chi connectivity index (χ3n) is 15.5. The monoisotopic (exact) mass is 1060 g/mol. The number of nitrogens with zero attached hydrogens (tertiary/aromatic N) is 4. The lowest BCUT2D eigenvalue weighted by Gasteiger charge is -2.41. The molecule has 3 N–H and O–H groups in total. The van der Waals surface area contributed by atoms with Crippen molar-refractivity contribution in [2.45, 2.75) is 168 Å². The smallest absolute Gasteiger partial charge is 0.410 e. The first-order chi connectivity index (χ1) is 36.1. The highest BCUT2D eigenvalue weighted by Crippen LogP contribution is 2.32. The van der Waals surface area contributed by atoms with E-state index in [1.807, 2.05) is 65.8 Å². The summed E-state index contributed by atoms with van der Waals surface area (Å²) < 4.78 is 23.8. The number of imide groups is 1. The number of rotatable bonds is 28. The summed E-state index contributed by atoms with van der Waals surface area (Å²) in [7, 11) is 6.31. The Morgan fingerprint density at radius 1 is 0.842 bits per heavy atom. The second kappa shape index (κ2) is 30.4. The van der Waals surface area contributed by atoms with Gasteiger partial charge in [-0.2, -0.15) is 0 Å². The maximum Gasteiger partial charge on any atom is 0.410 e. The molecule has 4 rings (SSSR count). The second-order valence-electron chi connectivity index (χ2n) is 21.5. The molecule has 1 fully saturated rings. The number of likely N-dealkylation sites (tertiary alicyclic amines) is 1. The Balaban J connectivity index is 1.36. The van der Waals surface area contributed by atoms with Crippen LogP contribution in [0.3, 0.4) is 0 Å². The first-order valence-electron chi connectivity index (χ1n) is 27.3. The van der Waals surface area contributed by atoms with Gasteiger partial charge in [-0.3, -0.25) is 38.5 Å². The van der Waals surface area contributed by atoms with Gasteiger partial charge in [0.25, 0.3) is 11.8 Å². The van der Waals surface area contributed by atoms with E-state index in [0.29, 0.717) is 57.1 Å². The van der Waals surface area contributed by atoms with Gasteiger partial charge < -0.3 is 49.4 Å². The van der Waals surface area contributed by atoms with Crippen LogP contribution in [0.15, 0.2) is 54.6 Å². The number of benzene rings is 1. The summed E-state index contributed by atoms with van der Waals surface area (Å²) in [4.78, 5) is 113. The van der Waals surface area contributed by atoms with E-state index in [2.05, 4.69) is 10.6 Å². The van der Waals surface area contributed by atoms with Crippen LogP contribution in [-0.2, 0) is 52.5 Å². The van der Waals surface area contributed by atoms with Gasteiger partial charge in [-0.25, -0.2) is 4.79 Å². The van der Waals surface area contributed by atoms with Gasteiger partial charge in [0, 0.05) is 72.4 Å². The lowest BCUT2D eigenvalue weighted by Crippen LogP contribution is -2.55. The molecule has 0 saturated carbocycles. The number of carbonyl (C=O) groups excluding carboxylic acids is 8. The molecule has 3 aliphatic rings. The molecule has 9 unspecified atom stereocenters. The van der Waals surface area contributed by atoms with Crippen molar-refractivity contribution in [3.8, 4) is 0 Å². The zero-order chi connectivity index (χ0) is 56.4. The molecule has 19 nitrogen and oxygen atoms in total. The largest absolute Gasteiger partial charge is 0.442 e. The molecule has 0 bridgehead atoms. The highest BCUT2D eigenvalue weighted by atomic mass is 16.6. The standard InChI is InChI=1S/C57H88N6O13/c1-13-37(6)52(46(73-11)33-50(68)62-30-19-26-44(62)54(74-12)38(7)55(70)59-39(8)53(69)40-20-15-14-16-21-40)60(9)56(71)43(35(2)3)32-45(64)51(36(4)5)61(10)57(72)76-42-24-17-22-41(23-18-25-42)75-34-47(65)58-29-31-63-48(66)27-28-49(63)67/h14-17,20-21,24,27-28,35-39,41-44,46,51-54,69H,13,18-19,22-23,25-26,29-34H2,1-12H3,(H,58,65)(H,59,70)/b24-17+/t37-,38?,39+,41?,42?,43?,44?,46?,51?,52?,53+,54?/m0/s1. The number of aliphatic hydroxyl groups is 1. The summed E-state index contributed by atoms with van der Waals surface area (Å²) in [5.74, 6) is -4.33. The minimum atomic E-state index is -0.915. The summed E-state index contributed by atoms with van der Waals surface area (Å²) in [5, 5.41) is 16.5. The Labute approximate surface area is 450 Å². The Morgan fingerprint density at radius 3 is 2.12 bits per heavy atom. The van der Waals surface area contributed by atoms with Crippen molar-refractivity contribution in [2.24, 2.45) is 29.6 Å². The number of aliphatic hydroxyl groups excluding tert-OH is 1. The van der Waals surface area contributed by atoms with Crippen molar-refractivity contribution in [1.82, 2.24) is 30.2 Å². The maximum absolute atomic E-state index is 14.8. The minimum Gasteiger partial charge on any atom is -0.442 e. The number of ether oxygens (including phenoxy) is 4. The number of amides is 7. The molecule has 1 aromatic carbocycles. The van der Waals surface area contributed by atoms with E-state index in [0.717, 1.165) is 4.90 Å². The van der Waals surface area contributed by atoms with E-state index >= 15 is 0 Å². The third-order valence-corrected chi connectivity index (χ3v) is 15.5. The molecule has 0 spiro atoms. The van der Waals surface area contributed by atoms with Crippen molar-refractivity contribution in [3.63, 3.8) is 0 Å². The first-order valence-corrected chi connectivity index (χ1v) is 27.3. The van der Waals surface area contributed by atoms with Crippen LogP contribution in [0, 0.1) is 29.6 Å². The highest BCUT2D eigenvalue weighted by Gasteiger charge is 2.44. The predicted octanol–water partition coefficient (Wildman–Crippen LogP) is 5.39. The van der Waals surface area contributed by atoms with E-state index in [-0.39, 0.29) is 85.8 Å². The summed E-state index contributed by atoms with van der Waals surface area (Å²) in [6, 6.07) is 6.70. The van der Waals surface area contributed by atoms with Crippen molar-refractivity contribution in [3.05, 3.63) is 60.2 Å². The normalized spacial score (nSPS) is 21.9. The second-order valence-corrected chi connectivity index (χ2v) is 21.5. The lowest BCUT2D eigenvalue weighted by atomic mass is 9.83. The van der Waals surface area contributed by atoms with E-state index < -0.39 is 78.3 Å². The average Bonchev–Trinajstić information content (AvgIpc) is 4.00. The average molecular weight is 1070 g/mol. The number of likely N-dealkylation sites (N-methyl/N-ethyl adjacent to an activating group) is 2. The van der Waals surface area contributed by atoms with Crippen molar-refractivity contribution in [1.29, 1.82) is 0 Å². The molecule has 0 aromatic heterocycles. The van der Waals surface area contributed by atoms with E-state index in [1.165, 1.54) is 38.3 Å². The molecule has 12 atom stereocenters. The number of methoxy groups -OCH3 is 2. The zero-order valence-corrected chi connectivity index (χ0v) is 47.1. The molecule has 7 amide bonds. The maximum atomic E-state index is 14.8. The number of carbonyl (C=O) groups is 8. The first kappa shape index (κ1) is 63.0. The number of nitrogens with one attached hydrogen (secondary N) is 2. The Kier molecular flexibility index (Phi) is 25.2. The van der Waals surface area contributed by atoms with E-state index in [1.54, 1.807) is 48.9 Å².